The summed E-state index contributed by atoms with van der Waals surface area (Å²) in [6.45, 7) is 5.75. The second kappa shape index (κ2) is 6.86. The van der Waals surface area contributed by atoms with E-state index in [0.29, 0.717) is 13.1 Å². The van der Waals surface area contributed by atoms with E-state index in [0.717, 1.165) is 50.8 Å². The largest absolute Gasteiger partial charge is 0.416 e. The van der Waals surface area contributed by atoms with Gasteiger partial charge in [-0.3, -0.25) is 4.90 Å². The molecule has 0 aromatic heterocycles. The van der Waals surface area contributed by atoms with Crippen molar-refractivity contribution in [1.29, 1.82) is 0 Å². The van der Waals surface area contributed by atoms with Gasteiger partial charge in [0, 0.05) is 45.3 Å². The second-order valence-corrected chi connectivity index (χ2v) is 8.48. The number of hydrogen-bond acceptors (Lipinski definition) is 4. The zero-order valence-electron chi connectivity index (χ0n) is 14.0. The molecule has 2 aliphatic heterocycles. The monoisotopic (exact) mass is 377 g/mol. The van der Waals surface area contributed by atoms with Gasteiger partial charge < -0.3 is 5.32 Å². The third kappa shape index (κ3) is 3.84. The summed E-state index contributed by atoms with van der Waals surface area (Å²) in [7, 11) is -3.78. The summed E-state index contributed by atoms with van der Waals surface area (Å²) in [6, 6.07) is 2.98. The fourth-order valence-electron chi connectivity index (χ4n) is 3.53. The summed E-state index contributed by atoms with van der Waals surface area (Å²) in [5, 5.41) is 3.26. The van der Waals surface area contributed by atoms with Crippen molar-refractivity contribution in [3.05, 3.63) is 29.3 Å². The molecule has 0 spiro atoms. The molecule has 9 heteroatoms. The Morgan fingerprint density at radius 3 is 2.44 bits per heavy atom. The number of hydrogen-bond donors (Lipinski definition) is 1. The molecule has 2 aliphatic rings. The number of sulfonamides is 1. The van der Waals surface area contributed by atoms with Crippen LogP contribution in [0.25, 0.3) is 0 Å². The lowest BCUT2D eigenvalue weighted by atomic mass is 10.1. The van der Waals surface area contributed by atoms with E-state index >= 15 is 0 Å². The van der Waals surface area contributed by atoms with Crippen LogP contribution < -0.4 is 5.32 Å². The van der Waals surface area contributed by atoms with Gasteiger partial charge in [0.15, 0.2) is 0 Å². The summed E-state index contributed by atoms with van der Waals surface area (Å²) < 4.78 is 65.5. The van der Waals surface area contributed by atoms with Crippen molar-refractivity contribution in [2.24, 2.45) is 0 Å². The van der Waals surface area contributed by atoms with Crippen LogP contribution in [-0.2, 0) is 16.2 Å². The Labute approximate surface area is 145 Å². The lowest BCUT2D eigenvalue weighted by Crippen LogP contribution is -2.49. The molecular formula is C16H22F3N3O2S. The highest BCUT2D eigenvalue weighted by atomic mass is 32.2. The first kappa shape index (κ1) is 18.6. The molecule has 1 atom stereocenters. The van der Waals surface area contributed by atoms with Crippen molar-refractivity contribution in [3.8, 4) is 0 Å². The predicted molar refractivity (Wildman–Crippen MR) is 87.8 cm³/mol. The van der Waals surface area contributed by atoms with Gasteiger partial charge in [-0.1, -0.05) is 0 Å². The SMILES string of the molecule is Cc1cc(C(F)(F)F)ccc1S(=O)(=O)N1CCC(N2CCNCC2)C1. The van der Waals surface area contributed by atoms with Gasteiger partial charge in [0.1, 0.15) is 0 Å². The molecule has 0 aliphatic carbocycles. The maximum atomic E-state index is 12.9. The molecule has 2 heterocycles. The molecule has 1 aromatic rings. The second-order valence-electron chi connectivity index (χ2n) is 6.57. The van der Waals surface area contributed by atoms with Gasteiger partial charge >= 0.3 is 6.18 Å². The molecule has 2 saturated heterocycles. The molecule has 0 saturated carbocycles. The van der Waals surface area contributed by atoms with Crippen LogP contribution in [0.3, 0.4) is 0 Å². The van der Waals surface area contributed by atoms with Gasteiger partial charge in [-0.25, -0.2) is 8.42 Å². The molecule has 1 N–H and O–H groups in total. The normalized spacial score (nSPS) is 23.9. The molecule has 25 heavy (non-hydrogen) atoms. The highest BCUT2D eigenvalue weighted by Crippen LogP contribution is 2.33. The van der Waals surface area contributed by atoms with Crippen LogP contribution in [0.2, 0.25) is 0 Å². The van der Waals surface area contributed by atoms with Crippen LogP contribution in [0.1, 0.15) is 17.5 Å². The van der Waals surface area contributed by atoms with E-state index in [1.807, 2.05) is 0 Å². The summed E-state index contributed by atoms with van der Waals surface area (Å²) in [5.41, 5.74) is -0.704. The van der Waals surface area contributed by atoms with Crippen molar-refractivity contribution in [2.45, 2.75) is 30.5 Å². The maximum absolute atomic E-state index is 12.9. The number of aryl methyl sites for hydroxylation is 1. The smallest absolute Gasteiger partial charge is 0.314 e. The molecule has 1 aromatic carbocycles. The van der Waals surface area contributed by atoms with Crippen LogP contribution in [-0.4, -0.2) is 62.9 Å². The molecule has 0 amide bonds. The highest BCUT2D eigenvalue weighted by molar-refractivity contribution is 7.89. The predicted octanol–water partition coefficient (Wildman–Crippen LogP) is 1.68. The summed E-state index contributed by atoms with van der Waals surface area (Å²) in [5.74, 6) is 0. The zero-order valence-corrected chi connectivity index (χ0v) is 14.8. The fourth-order valence-corrected chi connectivity index (χ4v) is 5.23. The van der Waals surface area contributed by atoms with E-state index in [-0.39, 0.29) is 16.5 Å². The summed E-state index contributed by atoms with van der Waals surface area (Å²) in [6.07, 6.45) is -3.73. The molecule has 2 fully saturated rings. The van der Waals surface area contributed by atoms with Gasteiger partial charge in [0.25, 0.3) is 0 Å². The van der Waals surface area contributed by atoms with Gasteiger partial charge in [0.2, 0.25) is 10.0 Å². The lowest BCUT2D eigenvalue weighted by Gasteiger charge is -2.32. The van der Waals surface area contributed by atoms with E-state index in [1.165, 1.54) is 11.2 Å². The minimum absolute atomic E-state index is 0.0403. The van der Waals surface area contributed by atoms with Crippen LogP contribution in [0, 0.1) is 6.92 Å². The van der Waals surface area contributed by atoms with Gasteiger partial charge in [-0.15, -0.1) is 0 Å². The minimum atomic E-state index is -4.48. The van der Waals surface area contributed by atoms with E-state index in [2.05, 4.69) is 10.2 Å². The molecule has 3 rings (SSSR count). The summed E-state index contributed by atoms with van der Waals surface area (Å²) in [4.78, 5) is 2.24. The van der Waals surface area contributed by atoms with Gasteiger partial charge in [-0.2, -0.15) is 17.5 Å². The third-order valence-electron chi connectivity index (χ3n) is 4.91. The van der Waals surface area contributed by atoms with Crippen LogP contribution in [0.15, 0.2) is 23.1 Å². The number of nitrogens with zero attached hydrogens (tertiary/aromatic N) is 2. The number of rotatable bonds is 3. The van der Waals surface area contributed by atoms with Crippen molar-refractivity contribution < 1.29 is 21.6 Å². The maximum Gasteiger partial charge on any atom is 0.416 e. The van der Waals surface area contributed by atoms with Crippen LogP contribution >= 0.6 is 0 Å². The van der Waals surface area contributed by atoms with E-state index in [9.17, 15) is 21.6 Å². The molecule has 140 valence electrons. The third-order valence-corrected chi connectivity index (χ3v) is 6.94. The van der Waals surface area contributed by atoms with Crippen LogP contribution in [0.5, 0.6) is 0 Å². The Morgan fingerprint density at radius 1 is 1.16 bits per heavy atom. The van der Waals surface area contributed by atoms with Gasteiger partial charge in [-0.05, 0) is 37.1 Å². The van der Waals surface area contributed by atoms with Crippen molar-refractivity contribution in [3.63, 3.8) is 0 Å². The molecule has 1 unspecified atom stereocenters. The molecular weight excluding hydrogens is 355 g/mol. The van der Waals surface area contributed by atoms with Crippen molar-refractivity contribution in [1.82, 2.24) is 14.5 Å². The van der Waals surface area contributed by atoms with E-state index in [4.69, 9.17) is 0 Å². The van der Waals surface area contributed by atoms with Crippen molar-refractivity contribution in [2.75, 3.05) is 39.3 Å². The number of piperazine rings is 1. The number of alkyl halides is 3. The molecule has 5 nitrogen and oxygen atoms in total. The Bertz CT molecular complexity index is 731. The standard InChI is InChI=1S/C16H22F3N3O2S/c1-12-10-13(16(17,18)19)2-3-15(12)25(23,24)22-7-4-14(11-22)21-8-5-20-6-9-21/h2-3,10,14,20H,4-9,11H2,1H3. The topological polar surface area (TPSA) is 52.7 Å². The van der Waals surface area contributed by atoms with Gasteiger partial charge in [0.05, 0.1) is 10.5 Å². The fraction of sp³-hybridized carbons (Fsp3) is 0.625. The Kier molecular flexibility index (Phi) is 5.11. The Morgan fingerprint density at radius 2 is 1.84 bits per heavy atom. The number of halogens is 3. The molecule has 0 radical (unpaired) electrons. The average Bonchev–Trinajstić information content (AvgIpc) is 3.05. The average molecular weight is 377 g/mol. The van der Waals surface area contributed by atoms with E-state index in [1.54, 1.807) is 0 Å². The highest BCUT2D eigenvalue weighted by Gasteiger charge is 2.37. The first-order valence-electron chi connectivity index (χ1n) is 8.32. The van der Waals surface area contributed by atoms with Crippen LogP contribution in [0.4, 0.5) is 13.2 Å². The Balaban J connectivity index is 1.78. The quantitative estimate of drug-likeness (QED) is 0.871. The Hall–Kier alpha value is -1.16. The van der Waals surface area contributed by atoms with E-state index < -0.39 is 21.8 Å². The van der Waals surface area contributed by atoms with Crippen molar-refractivity contribution >= 4 is 10.0 Å². The minimum Gasteiger partial charge on any atom is -0.314 e. The molecule has 0 bridgehead atoms. The lowest BCUT2D eigenvalue weighted by molar-refractivity contribution is -0.137. The summed E-state index contributed by atoms with van der Waals surface area (Å²) >= 11 is 0. The first-order chi connectivity index (χ1) is 11.7. The zero-order chi connectivity index (χ0) is 18.2. The first-order valence-corrected chi connectivity index (χ1v) is 9.76. The number of nitrogens with one attached hydrogen (secondary N) is 1. The number of benzene rings is 1.